The minimum atomic E-state index is -0.922. The Morgan fingerprint density at radius 1 is 1.38 bits per heavy atom. The van der Waals surface area contributed by atoms with E-state index in [0.717, 1.165) is 0 Å². The highest BCUT2D eigenvalue weighted by Crippen LogP contribution is 2.40. The van der Waals surface area contributed by atoms with Crippen molar-refractivity contribution < 1.29 is 14.6 Å². The van der Waals surface area contributed by atoms with E-state index in [2.05, 4.69) is 0 Å². The molecule has 0 radical (unpaired) electrons. The van der Waals surface area contributed by atoms with Crippen LogP contribution < -0.4 is 10.5 Å². The van der Waals surface area contributed by atoms with Crippen molar-refractivity contribution in [2.75, 3.05) is 26.1 Å². The van der Waals surface area contributed by atoms with E-state index in [-0.39, 0.29) is 0 Å². The maximum atomic E-state index is 10.6. The monoisotopic (exact) mass is 223 g/mol. The van der Waals surface area contributed by atoms with Gasteiger partial charge in [-0.25, -0.2) is 0 Å². The number of benzene rings is 1. The number of nitrogen functional groups attached to an aromatic ring is 1. The molecular formula is C12H17NO3. The van der Waals surface area contributed by atoms with Gasteiger partial charge in [0.25, 0.3) is 0 Å². The van der Waals surface area contributed by atoms with Crippen LogP contribution in [0.3, 0.4) is 0 Å². The molecular weight excluding hydrogens is 206 g/mol. The molecule has 0 atom stereocenters. The van der Waals surface area contributed by atoms with Crippen LogP contribution in [0.25, 0.3) is 0 Å². The van der Waals surface area contributed by atoms with E-state index in [1.165, 1.54) is 0 Å². The summed E-state index contributed by atoms with van der Waals surface area (Å²) in [5.74, 6) is 0.643. The predicted octanol–water partition coefficient (Wildman–Crippen LogP) is 1.28. The molecule has 0 saturated carbocycles. The van der Waals surface area contributed by atoms with Gasteiger partial charge in [0.05, 0.1) is 12.7 Å². The van der Waals surface area contributed by atoms with Crippen LogP contribution in [-0.2, 0) is 10.3 Å². The number of ether oxygens (including phenoxy) is 2. The fraction of sp³-hybridized carbons (Fsp3) is 0.500. The number of rotatable bonds is 2. The number of hydrogen-bond acceptors (Lipinski definition) is 4. The molecule has 3 N–H and O–H groups in total. The summed E-state index contributed by atoms with van der Waals surface area (Å²) < 4.78 is 10.5. The van der Waals surface area contributed by atoms with E-state index in [1.807, 2.05) is 12.1 Å². The molecule has 0 unspecified atom stereocenters. The second-order valence-corrected chi connectivity index (χ2v) is 4.07. The van der Waals surface area contributed by atoms with Gasteiger partial charge in [-0.2, -0.15) is 0 Å². The van der Waals surface area contributed by atoms with E-state index in [4.69, 9.17) is 15.2 Å². The number of aliphatic hydroxyl groups is 1. The Kier molecular flexibility index (Phi) is 3.03. The van der Waals surface area contributed by atoms with Gasteiger partial charge in [-0.05, 0) is 12.1 Å². The fourth-order valence-corrected chi connectivity index (χ4v) is 2.18. The van der Waals surface area contributed by atoms with Gasteiger partial charge in [0.2, 0.25) is 0 Å². The van der Waals surface area contributed by atoms with Crippen LogP contribution in [0.2, 0.25) is 0 Å². The first-order chi connectivity index (χ1) is 7.67. The van der Waals surface area contributed by atoms with Gasteiger partial charge in [0.1, 0.15) is 5.75 Å². The molecule has 2 rings (SSSR count). The van der Waals surface area contributed by atoms with E-state index < -0.39 is 5.60 Å². The zero-order chi connectivity index (χ0) is 11.6. The smallest absolute Gasteiger partial charge is 0.127 e. The Balaban J connectivity index is 2.44. The van der Waals surface area contributed by atoms with Crippen molar-refractivity contribution >= 4 is 5.69 Å². The zero-order valence-electron chi connectivity index (χ0n) is 9.40. The molecule has 1 aliphatic rings. The molecule has 1 heterocycles. The quantitative estimate of drug-likeness (QED) is 0.741. The maximum Gasteiger partial charge on any atom is 0.127 e. The zero-order valence-corrected chi connectivity index (χ0v) is 9.40. The van der Waals surface area contributed by atoms with Gasteiger partial charge < -0.3 is 20.3 Å². The van der Waals surface area contributed by atoms with Crippen molar-refractivity contribution in [3.8, 4) is 5.75 Å². The number of methoxy groups -OCH3 is 1. The molecule has 4 heteroatoms. The van der Waals surface area contributed by atoms with Gasteiger partial charge >= 0.3 is 0 Å². The lowest BCUT2D eigenvalue weighted by atomic mass is 9.85. The summed E-state index contributed by atoms with van der Waals surface area (Å²) in [5, 5.41) is 10.6. The van der Waals surface area contributed by atoms with Gasteiger partial charge in [0, 0.05) is 37.3 Å². The Labute approximate surface area is 95.0 Å². The normalized spacial score (nSPS) is 19.4. The molecule has 88 valence electrons. The summed E-state index contributed by atoms with van der Waals surface area (Å²) in [6.07, 6.45) is 1.11. The van der Waals surface area contributed by atoms with Crippen LogP contribution in [0.4, 0.5) is 5.69 Å². The van der Waals surface area contributed by atoms with E-state index >= 15 is 0 Å². The largest absolute Gasteiger partial charge is 0.496 e. The first kappa shape index (κ1) is 11.2. The average Bonchev–Trinajstić information content (AvgIpc) is 2.29. The third-order valence-electron chi connectivity index (χ3n) is 3.06. The Morgan fingerprint density at radius 2 is 2.06 bits per heavy atom. The van der Waals surface area contributed by atoms with Crippen molar-refractivity contribution in [1.29, 1.82) is 0 Å². The van der Waals surface area contributed by atoms with Crippen LogP contribution in [0.5, 0.6) is 5.75 Å². The highest BCUT2D eigenvalue weighted by Gasteiger charge is 2.36. The summed E-state index contributed by atoms with van der Waals surface area (Å²) in [4.78, 5) is 0. The van der Waals surface area contributed by atoms with Crippen LogP contribution in [-0.4, -0.2) is 25.4 Å². The number of hydrogen-bond donors (Lipinski definition) is 2. The fourth-order valence-electron chi connectivity index (χ4n) is 2.18. The Morgan fingerprint density at radius 3 is 2.69 bits per heavy atom. The average molecular weight is 223 g/mol. The maximum absolute atomic E-state index is 10.6. The lowest BCUT2D eigenvalue weighted by Gasteiger charge is -2.34. The molecule has 0 aromatic heterocycles. The summed E-state index contributed by atoms with van der Waals surface area (Å²) in [6, 6.07) is 5.42. The summed E-state index contributed by atoms with van der Waals surface area (Å²) in [7, 11) is 1.58. The first-order valence-corrected chi connectivity index (χ1v) is 5.40. The molecule has 4 nitrogen and oxygen atoms in total. The topological polar surface area (TPSA) is 64.7 Å². The van der Waals surface area contributed by atoms with Crippen molar-refractivity contribution in [2.45, 2.75) is 18.4 Å². The van der Waals surface area contributed by atoms with Gasteiger partial charge in [-0.3, -0.25) is 0 Å². The molecule has 0 amide bonds. The van der Waals surface area contributed by atoms with Gasteiger partial charge in [0.15, 0.2) is 0 Å². The standard InChI is InChI=1S/C12H17NO3/c1-15-10-4-2-3-9(13)11(10)12(14)5-7-16-8-6-12/h2-4,14H,5-8,13H2,1H3. The molecule has 1 saturated heterocycles. The lowest BCUT2D eigenvalue weighted by molar-refractivity contribution is -0.0684. The number of anilines is 1. The van der Waals surface area contributed by atoms with Crippen molar-refractivity contribution in [3.63, 3.8) is 0 Å². The highest BCUT2D eigenvalue weighted by molar-refractivity contribution is 5.57. The molecule has 0 bridgehead atoms. The van der Waals surface area contributed by atoms with Crippen LogP contribution in [0.1, 0.15) is 18.4 Å². The van der Waals surface area contributed by atoms with E-state index in [9.17, 15) is 5.11 Å². The Bertz CT molecular complexity index is 373. The van der Waals surface area contributed by atoms with Crippen LogP contribution in [0, 0.1) is 0 Å². The second kappa shape index (κ2) is 4.31. The molecule has 1 aliphatic heterocycles. The van der Waals surface area contributed by atoms with Crippen molar-refractivity contribution in [2.24, 2.45) is 0 Å². The molecule has 1 aromatic carbocycles. The third kappa shape index (κ3) is 1.86. The van der Waals surface area contributed by atoms with Gasteiger partial charge in [-0.1, -0.05) is 6.07 Å². The molecule has 0 aliphatic carbocycles. The number of nitrogens with two attached hydrogens (primary N) is 1. The second-order valence-electron chi connectivity index (χ2n) is 4.07. The van der Waals surface area contributed by atoms with E-state index in [0.29, 0.717) is 43.1 Å². The molecule has 16 heavy (non-hydrogen) atoms. The van der Waals surface area contributed by atoms with Crippen LogP contribution in [0.15, 0.2) is 18.2 Å². The predicted molar refractivity (Wildman–Crippen MR) is 61.4 cm³/mol. The summed E-state index contributed by atoms with van der Waals surface area (Å²) in [5.41, 5.74) is 6.28. The van der Waals surface area contributed by atoms with Gasteiger partial charge in [-0.15, -0.1) is 0 Å². The highest BCUT2D eigenvalue weighted by atomic mass is 16.5. The lowest BCUT2D eigenvalue weighted by Crippen LogP contribution is -2.34. The minimum absolute atomic E-state index is 0.550. The minimum Gasteiger partial charge on any atom is -0.496 e. The first-order valence-electron chi connectivity index (χ1n) is 5.40. The van der Waals surface area contributed by atoms with Crippen molar-refractivity contribution in [1.82, 2.24) is 0 Å². The molecule has 1 aromatic rings. The SMILES string of the molecule is COc1cccc(N)c1C1(O)CCOCC1. The molecule has 1 fully saturated rings. The third-order valence-corrected chi connectivity index (χ3v) is 3.06. The summed E-state index contributed by atoms with van der Waals surface area (Å²) >= 11 is 0. The van der Waals surface area contributed by atoms with Crippen LogP contribution >= 0.6 is 0 Å². The summed E-state index contributed by atoms with van der Waals surface area (Å²) in [6.45, 7) is 1.10. The van der Waals surface area contributed by atoms with E-state index in [1.54, 1.807) is 13.2 Å². The molecule has 0 spiro atoms. The van der Waals surface area contributed by atoms with Crippen molar-refractivity contribution in [3.05, 3.63) is 23.8 Å². The Hall–Kier alpha value is -1.26.